The van der Waals surface area contributed by atoms with Crippen molar-refractivity contribution in [2.45, 2.75) is 52.6 Å². The average molecular weight is 390 g/mol. The van der Waals surface area contributed by atoms with Crippen molar-refractivity contribution in [1.29, 1.82) is 0 Å². The number of H-pyrrole nitrogens is 1. The van der Waals surface area contributed by atoms with Gasteiger partial charge in [0.2, 0.25) is 5.56 Å². The van der Waals surface area contributed by atoms with Crippen LogP contribution in [0.25, 0.3) is 5.65 Å². The van der Waals surface area contributed by atoms with E-state index in [9.17, 15) is 19.5 Å². The van der Waals surface area contributed by atoms with Gasteiger partial charge in [0, 0.05) is 12.5 Å². The van der Waals surface area contributed by atoms with E-state index in [1.807, 2.05) is 20.8 Å². The summed E-state index contributed by atoms with van der Waals surface area (Å²) in [5.41, 5.74) is -0.191. The van der Waals surface area contributed by atoms with Crippen LogP contribution in [0.3, 0.4) is 0 Å². The molecule has 28 heavy (non-hydrogen) atoms. The van der Waals surface area contributed by atoms with E-state index in [0.717, 1.165) is 12.8 Å². The molecule has 1 aliphatic carbocycles. The van der Waals surface area contributed by atoms with Crippen LogP contribution in [0.2, 0.25) is 0 Å². The lowest BCUT2D eigenvalue weighted by atomic mass is 9.96. The number of nitrogens with zero attached hydrogens (tertiary/aromatic N) is 2. The van der Waals surface area contributed by atoms with Gasteiger partial charge in [0.1, 0.15) is 0 Å². The van der Waals surface area contributed by atoms with E-state index in [4.69, 9.17) is 4.74 Å². The summed E-state index contributed by atoms with van der Waals surface area (Å²) < 4.78 is 7.78. The van der Waals surface area contributed by atoms with Gasteiger partial charge in [0.15, 0.2) is 5.82 Å². The summed E-state index contributed by atoms with van der Waals surface area (Å²) in [4.78, 5) is 37.4. The number of nitrogens with one attached hydrogen (secondary N) is 3. The molecule has 1 saturated carbocycles. The fourth-order valence-electron chi connectivity index (χ4n) is 3.38. The number of fused-ring (bicyclic) bond motifs is 3. The van der Waals surface area contributed by atoms with Crippen molar-refractivity contribution in [3.8, 4) is 5.88 Å². The highest BCUT2D eigenvalue weighted by Crippen LogP contribution is 2.25. The van der Waals surface area contributed by atoms with Gasteiger partial charge in [-0.3, -0.25) is 10.1 Å². The van der Waals surface area contributed by atoms with Gasteiger partial charge in [-0.05, 0) is 18.3 Å². The van der Waals surface area contributed by atoms with Gasteiger partial charge >= 0.3 is 23.2 Å². The van der Waals surface area contributed by atoms with E-state index in [-0.39, 0.29) is 29.5 Å². The molecule has 2 aliphatic rings. The van der Waals surface area contributed by atoms with Crippen LogP contribution in [-0.4, -0.2) is 39.4 Å². The minimum absolute atomic E-state index is 0.0415. The topological polar surface area (TPSA) is 129 Å². The van der Waals surface area contributed by atoms with Gasteiger partial charge in [-0.2, -0.15) is 4.57 Å². The van der Waals surface area contributed by atoms with Gasteiger partial charge in [-0.1, -0.05) is 25.3 Å². The molecular formula is C18H24N5O5+. The molecule has 0 atom stereocenters. The van der Waals surface area contributed by atoms with Crippen LogP contribution >= 0.6 is 0 Å². The van der Waals surface area contributed by atoms with Crippen molar-refractivity contribution in [1.82, 2.24) is 14.9 Å². The molecule has 0 aromatic carbocycles. The molecule has 150 valence electrons. The van der Waals surface area contributed by atoms with Crippen LogP contribution in [0.4, 0.5) is 10.6 Å². The minimum atomic E-state index is -0.668. The SMILES string of the molecule is CC(C)(C)C[n+]1c(O)c(C(=O)NC2CC2)c(=O)n2[nH]c3c(c21)CCOC(=O)N3. The Labute approximate surface area is 160 Å². The lowest BCUT2D eigenvalue weighted by molar-refractivity contribution is -0.692. The number of aromatic amines is 1. The third-order valence-electron chi connectivity index (χ3n) is 4.74. The Kier molecular flexibility index (Phi) is 4.09. The molecule has 4 N–H and O–H groups in total. The average Bonchev–Trinajstić information content (AvgIpc) is 3.35. The minimum Gasteiger partial charge on any atom is -0.477 e. The number of ether oxygens (including phenoxy) is 1. The van der Waals surface area contributed by atoms with Crippen LogP contribution in [0.5, 0.6) is 5.88 Å². The van der Waals surface area contributed by atoms with E-state index in [1.165, 1.54) is 4.52 Å². The third kappa shape index (κ3) is 3.19. The first-order valence-electron chi connectivity index (χ1n) is 9.33. The Balaban J connectivity index is 1.98. The highest BCUT2D eigenvalue weighted by molar-refractivity contribution is 5.96. The Morgan fingerprint density at radius 3 is 2.71 bits per heavy atom. The molecule has 1 fully saturated rings. The number of aromatic hydroxyl groups is 1. The van der Waals surface area contributed by atoms with Crippen LogP contribution in [0, 0.1) is 5.41 Å². The second-order valence-electron chi connectivity index (χ2n) is 8.53. The second kappa shape index (κ2) is 6.25. The highest BCUT2D eigenvalue weighted by Gasteiger charge is 2.37. The molecule has 2 aromatic heterocycles. The zero-order chi connectivity index (χ0) is 20.2. The summed E-state index contributed by atoms with van der Waals surface area (Å²) in [5.74, 6) is -0.656. The van der Waals surface area contributed by atoms with Crippen molar-refractivity contribution in [3.05, 3.63) is 21.5 Å². The maximum atomic E-state index is 13.0. The van der Waals surface area contributed by atoms with Crippen molar-refractivity contribution < 1.29 is 24.0 Å². The van der Waals surface area contributed by atoms with E-state index in [1.54, 1.807) is 4.57 Å². The molecule has 4 rings (SSSR count). The first-order chi connectivity index (χ1) is 13.2. The number of hydrogen-bond donors (Lipinski definition) is 4. The lowest BCUT2D eigenvalue weighted by Crippen LogP contribution is -2.48. The van der Waals surface area contributed by atoms with E-state index in [2.05, 4.69) is 15.7 Å². The summed E-state index contributed by atoms with van der Waals surface area (Å²) in [6.45, 7) is 6.45. The molecule has 1 aliphatic heterocycles. The summed E-state index contributed by atoms with van der Waals surface area (Å²) in [6.07, 6.45) is 1.45. The number of carbonyl (C=O) groups excluding carboxylic acids is 2. The molecular weight excluding hydrogens is 366 g/mol. The zero-order valence-electron chi connectivity index (χ0n) is 16.1. The highest BCUT2D eigenvalue weighted by atomic mass is 16.5. The van der Waals surface area contributed by atoms with Crippen molar-refractivity contribution in [3.63, 3.8) is 0 Å². The summed E-state index contributed by atoms with van der Waals surface area (Å²) in [7, 11) is 0. The van der Waals surface area contributed by atoms with Crippen molar-refractivity contribution in [2.75, 3.05) is 11.9 Å². The van der Waals surface area contributed by atoms with Gasteiger partial charge in [-0.25, -0.2) is 14.7 Å². The Morgan fingerprint density at radius 2 is 2.07 bits per heavy atom. The molecule has 0 spiro atoms. The number of cyclic esters (lactones) is 1. The number of anilines is 1. The van der Waals surface area contributed by atoms with Crippen LogP contribution in [0.1, 0.15) is 49.5 Å². The summed E-state index contributed by atoms with van der Waals surface area (Å²) >= 11 is 0. The number of hydrogen-bond acceptors (Lipinski definition) is 5. The maximum absolute atomic E-state index is 13.0. The smallest absolute Gasteiger partial charge is 0.412 e. The predicted molar refractivity (Wildman–Crippen MR) is 98.5 cm³/mol. The largest absolute Gasteiger partial charge is 0.477 e. The molecule has 3 heterocycles. The van der Waals surface area contributed by atoms with Gasteiger partial charge < -0.3 is 15.2 Å². The molecule has 0 bridgehead atoms. The molecule has 10 nitrogen and oxygen atoms in total. The normalized spacial score (nSPS) is 16.9. The number of amides is 2. The Bertz CT molecular complexity index is 1040. The Hall–Kier alpha value is -3.04. The van der Waals surface area contributed by atoms with Gasteiger partial charge in [0.25, 0.3) is 5.91 Å². The third-order valence-corrected chi connectivity index (χ3v) is 4.74. The van der Waals surface area contributed by atoms with Crippen LogP contribution in [-0.2, 0) is 17.7 Å². The fourth-order valence-corrected chi connectivity index (χ4v) is 3.38. The number of carbonyl (C=O) groups is 2. The number of aromatic nitrogens is 3. The predicted octanol–water partition coefficient (Wildman–Crippen LogP) is 0.664. The van der Waals surface area contributed by atoms with E-state index >= 15 is 0 Å². The Morgan fingerprint density at radius 1 is 1.36 bits per heavy atom. The molecule has 2 amide bonds. The maximum Gasteiger partial charge on any atom is 0.412 e. The van der Waals surface area contributed by atoms with Gasteiger partial charge in [-0.15, -0.1) is 0 Å². The fraction of sp³-hybridized carbons (Fsp3) is 0.556. The summed E-state index contributed by atoms with van der Waals surface area (Å²) in [5, 5.41) is 19.1. The van der Waals surface area contributed by atoms with E-state index in [0.29, 0.717) is 30.0 Å². The van der Waals surface area contributed by atoms with Crippen molar-refractivity contribution >= 4 is 23.5 Å². The number of rotatable bonds is 3. The summed E-state index contributed by atoms with van der Waals surface area (Å²) in [6, 6.07) is 0.0415. The standard InChI is InChI=1S/C18H23N5O5/c1-18(2,3)8-22-14-10-6-7-28-17(27)20-12(10)21-23(14)16(26)11(15(22)25)13(24)19-9-4-5-9/h9H,4-8H2,1-3H3,(H3,19,20,21,24,25,26,27)/p+1. The lowest BCUT2D eigenvalue weighted by Gasteiger charge is -2.18. The monoisotopic (exact) mass is 390 g/mol. The van der Waals surface area contributed by atoms with Crippen LogP contribution in [0.15, 0.2) is 4.79 Å². The van der Waals surface area contributed by atoms with E-state index < -0.39 is 17.6 Å². The molecule has 0 unspecified atom stereocenters. The van der Waals surface area contributed by atoms with Crippen molar-refractivity contribution in [2.24, 2.45) is 5.41 Å². The molecule has 2 aromatic rings. The quantitative estimate of drug-likeness (QED) is 0.573. The molecule has 0 saturated heterocycles. The van der Waals surface area contributed by atoms with Crippen LogP contribution < -0.4 is 20.8 Å². The molecule has 10 heteroatoms. The first-order valence-corrected chi connectivity index (χ1v) is 9.33. The second-order valence-corrected chi connectivity index (χ2v) is 8.53. The van der Waals surface area contributed by atoms with Gasteiger partial charge in [0.05, 0.1) is 18.7 Å². The first kappa shape index (κ1) is 18.3. The molecule has 0 radical (unpaired) electrons. The zero-order valence-corrected chi connectivity index (χ0v) is 16.1.